The van der Waals surface area contributed by atoms with Gasteiger partial charge >= 0.3 is 0 Å². The highest BCUT2D eigenvalue weighted by Gasteiger charge is 2.23. The predicted octanol–water partition coefficient (Wildman–Crippen LogP) is 2.03. The number of carbonyl (C=O) groups is 1. The average Bonchev–Trinajstić information content (AvgIpc) is 2.54. The summed E-state index contributed by atoms with van der Waals surface area (Å²) >= 11 is 0. The van der Waals surface area contributed by atoms with Crippen molar-refractivity contribution in [1.29, 1.82) is 0 Å². The van der Waals surface area contributed by atoms with Gasteiger partial charge in [0.2, 0.25) is 0 Å². The topological polar surface area (TPSA) is 63.2 Å². The molecule has 0 saturated heterocycles. The Labute approximate surface area is 137 Å². The standard InChI is InChI=1S/C15H13BF3N3O2/c1-3-24-22-15(23)8-5-10(17)11(18)12(19)13(8)21-14-9(16)4-7(2)6-20-14/h4-6H,3H2,1-2H3,(H,20,21)(H,22,23). The van der Waals surface area contributed by atoms with Crippen LogP contribution < -0.4 is 16.3 Å². The van der Waals surface area contributed by atoms with Crippen molar-refractivity contribution in [3.63, 3.8) is 0 Å². The summed E-state index contributed by atoms with van der Waals surface area (Å²) in [5.41, 5.74) is 1.78. The van der Waals surface area contributed by atoms with E-state index in [-0.39, 0.29) is 17.9 Å². The minimum atomic E-state index is -1.73. The number of pyridine rings is 1. The van der Waals surface area contributed by atoms with Gasteiger partial charge in [0.15, 0.2) is 17.5 Å². The Bertz CT molecular complexity index is 787. The van der Waals surface area contributed by atoms with Gasteiger partial charge in [0.1, 0.15) is 13.7 Å². The molecule has 1 amide bonds. The Kier molecular flexibility index (Phi) is 5.45. The van der Waals surface area contributed by atoms with E-state index >= 15 is 0 Å². The lowest BCUT2D eigenvalue weighted by molar-refractivity contribution is 0.0364. The summed E-state index contributed by atoms with van der Waals surface area (Å²) in [7, 11) is 5.75. The third-order valence-electron chi connectivity index (χ3n) is 3.01. The summed E-state index contributed by atoms with van der Waals surface area (Å²) < 4.78 is 41.2. The fourth-order valence-electron chi connectivity index (χ4n) is 1.90. The van der Waals surface area contributed by atoms with Gasteiger partial charge in [0, 0.05) is 6.20 Å². The largest absolute Gasteiger partial charge is 0.338 e. The number of hydroxylamine groups is 1. The maximum Gasteiger partial charge on any atom is 0.277 e. The summed E-state index contributed by atoms with van der Waals surface area (Å²) in [6.07, 6.45) is 1.44. The Morgan fingerprint density at radius 1 is 1.29 bits per heavy atom. The lowest BCUT2D eigenvalue weighted by atomic mass is 9.95. The van der Waals surface area contributed by atoms with Crippen LogP contribution in [0.3, 0.4) is 0 Å². The highest BCUT2D eigenvalue weighted by atomic mass is 19.2. The lowest BCUT2D eigenvalue weighted by Crippen LogP contribution is -2.26. The molecule has 124 valence electrons. The monoisotopic (exact) mass is 335 g/mol. The summed E-state index contributed by atoms with van der Waals surface area (Å²) in [6.45, 7) is 3.47. The third-order valence-corrected chi connectivity index (χ3v) is 3.01. The van der Waals surface area contributed by atoms with E-state index in [4.69, 9.17) is 12.7 Å². The Balaban J connectivity index is 2.50. The third kappa shape index (κ3) is 3.68. The number of anilines is 2. The molecule has 2 N–H and O–H groups in total. The molecule has 9 heteroatoms. The van der Waals surface area contributed by atoms with Crippen LogP contribution in [0.1, 0.15) is 22.8 Å². The SMILES string of the molecule is [B]c1cc(C)cnc1Nc1c(C(=O)NOCC)cc(F)c(F)c1F. The number of nitrogens with zero attached hydrogens (tertiary/aromatic N) is 1. The smallest absolute Gasteiger partial charge is 0.277 e. The van der Waals surface area contributed by atoms with Gasteiger partial charge in [-0.25, -0.2) is 23.6 Å². The first kappa shape index (κ1) is 17.8. The van der Waals surface area contributed by atoms with Crippen LogP contribution >= 0.6 is 0 Å². The molecule has 0 aliphatic heterocycles. The van der Waals surface area contributed by atoms with Crippen LogP contribution in [0.2, 0.25) is 0 Å². The second-order valence-corrected chi connectivity index (χ2v) is 4.85. The minimum absolute atomic E-state index is 0.00373. The summed E-state index contributed by atoms with van der Waals surface area (Å²) in [5, 5.41) is 2.43. The fourth-order valence-corrected chi connectivity index (χ4v) is 1.90. The lowest BCUT2D eigenvalue weighted by Gasteiger charge is -2.15. The van der Waals surface area contributed by atoms with Gasteiger partial charge < -0.3 is 5.32 Å². The van der Waals surface area contributed by atoms with Crippen molar-refractivity contribution in [2.24, 2.45) is 0 Å². The molecule has 0 saturated carbocycles. The van der Waals surface area contributed by atoms with E-state index in [1.165, 1.54) is 6.20 Å². The molecule has 2 radical (unpaired) electrons. The molecule has 0 unspecified atom stereocenters. The van der Waals surface area contributed by atoms with Gasteiger partial charge in [-0.3, -0.25) is 9.63 Å². The quantitative estimate of drug-likeness (QED) is 0.499. The summed E-state index contributed by atoms with van der Waals surface area (Å²) in [5.74, 6) is -5.77. The van der Waals surface area contributed by atoms with E-state index in [0.717, 1.165) is 5.56 Å². The first-order chi connectivity index (χ1) is 11.3. The number of hydrogen-bond acceptors (Lipinski definition) is 4. The van der Waals surface area contributed by atoms with Gasteiger partial charge in [0.25, 0.3) is 5.91 Å². The molecule has 1 aromatic heterocycles. The average molecular weight is 335 g/mol. The van der Waals surface area contributed by atoms with E-state index in [0.29, 0.717) is 6.07 Å². The maximum atomic E-state index is 14.1. The molecule has 0 aliphatic carbocycles. The molecule has 2 rings (SSSR count). The molecule has 0 bridgehead atoms. The number of aryl methyl sites for hydroxylation is 1. The molecule has 24 heavy (non-hydrogen) atoms. The summed E-state index contributed by atoms with van der Waals surface area (Å²) in [4.78, 5) is 20.6. The molecule has 1 aromatic carbocycles. The molecule has 5 nitrogen and oxygen atoms in total. The predicted molar refractivity (Wildman–Crippen MR) is 83.1 cm³/mol. The van der Waals surface area contributed by atoms with Crippen LogP contribution in [-0.4, -0.2) is 25.3 Å². The highest BCUT2D eigenvalue weighted by Crippen LogP contribution is 2.27. The Morgan fingerprint density at radius 2 is 2.00 bits per heavy atom. The number of aromatic nitrogens is 1. The molecular weight excluding hydrogens is 322 g/mol. The Morgan fingerprint density at radius 3 is 2.62 bits per heavy atom. The molecule has 1 heterocycles. The van der Waals surface area contributed by atoms with Gasteiger partial charge in [0.05, 0.1) is 17.9 Å². The van der Waals surface area contributed by atoms with Crippen molar-refractivity contribution in [3.05, 3.63) is 46.9 Å². The normalized spacial score (nSPS) is 10.5. The van der Waals surface area contributed by atoms with Crippen molar-refractivity contribution < 1.29 is 22.8 Å². The van der Waals surface area contributed by atoms with Gasteiger partial charge in [-0.1, -0.05) is 11.5 Å². The first-order valence-electron chi connectivity index (χ1n) is 6.93. The van der Waals surface area contributed by atoms with Crippen LogP contribution in [-0.2, 0) is 4.84 Å². The van der Waals surface area contributed by atoms with Crippen molar-refractivity contribution in [2.75, 3.05) is 11.9 Å². The molecule has 2 aromatic rings. The molecular formula is C15H13BF3N3O2. The van der Waals surface area contributed by atoms with Gasteiger partial charge in [-0.05, 0) is 25.5 Å². The highest BCUT2D eigenvalue weighted by molar-refractivity contribution is 6.35. The Hall–Kier alpha value is -2.55. The van der Waals surface area contributed by atoms with E-state index in [2.05, 4.69) is 10.3 Å². The molecule has 0 aliphatic rings. The van der Waals surface area contributed by atoms with Crippen LogP contribution in [0, 0.1) is 24.4 Å². The van der Waals surface area contributed by atoms with Crippen molar-refractivity contribution in [1.82, 2.24) is 10.5 Å². The van der Waals surface area contributed by atoms with Crippen LogP contribution in [0.25, 0.3) is 0 Å². The maximum absolute atomic E-state index is 14.1. The second kappa shape index (κ2) is 7.35. The van der Waals surface area contributed by atoms with Gasteiger partial charge in [-0.15, -0.1) is 0 Å². The zero-order chi connectivity index (χ0) is 17.9. The van der Waals surface area contributed by atoms with Gasteiger partial charge in [-0.2, -0.15) is 0 Å². The number of benzene rings is 1. The number of carbonyl (C=O) groups excluding carboxylic acids is 1. The van der Waals surface area contributed by atoms with Crippen LogP contribution in [0.4, 0.5) is 24.7 Å². The fraction of sp³-hybridized carbons (Fsp3) is 0.200. The number of halogens is 3. The zero-order valence-electron chi connectivity index (χ0n) is 12.9. The van der Waals surface area contributed by atoms with Crippen molar-refractivity contribution in [2.45, 2.75) is 13.8 Å². The van der Waals surface area contributed by atoms with E-state index in [1.807, 2.05) is 5.48 Å². The van der Waals surface area contributed by atoms with E-state index in [9.17, 15) is 18.0 Å². The van der Waals surface area contributed by atoms with E-state index < -0.39 is 34.6 Å². The molecule has 0 fully saturated rings. The van der Waals surface area contributed by atoms with Crippen molar-refractivity contribution in [3.8, 4) is 0 Å². The van der Waals surface area contributed by atoms with Crippen LogP contribution in [0.5, 0.6) is 0 Å². The number of rotatable bonds is 5. The minimum Gasteiger partial charge on any atom is -0.338 e. The first-order valence-corrected chi connectivity index (χ1v) is 6.93. The molecule has 0 atom stereocenters. The molecule has 0 spiro atoms. The number of hydrogen-bond donors (Lipinski definition) is 2. The van der Waals surface area contributed by atoms with Crippen LogP contribution in [0.15, 0.2) is 18.3 Å². The zero-order valence-corrected chi connectivity index (χ0v) is 12.9. The van der Waals surface area contributed by atoms with Crippen molar-refractivity contribution >= 4 is 30.7 Å². The van der Waals surface area contributed by atoms with E-state index in [1.54, 1.807) is 19.9 Å². The number of amides is 1. The summed E-state index contributed by atoms with van der Waals surface area (Å²) in [6, 6.07) is 2.10. The second-order valence-electron chi connectivity index (χ2n) is 4.85. The number of nitrogens with one attached hydrogen (secondary N) is 2.